The second-order valence-corrected chi connectivity index (χ2v) is 6.47. The molecule has 0 aromatic heterocycles. The molecule has 0 saturated carbocycles. The quantitative estimate of drug-likeness (QED) is 0.861. The third-order valence-electron chi connectivity index (χ3n) is 2.67. The van der Waals surface area contributed by atoms with E-state index < -0.39 is 9.84 Å². The van der Waals surface area contributed by atoms with Gasteiger partial charge in [0.25, 0.3) is 0 Å². The first-order valence-electron chi connectivity index (χ1n) is 5.61. The summed E-state index contributed by atoms with van der Waals surface area (Å²) in [5, 5.41) is 0.283. The summed E-state index contributed by atoms with van der Waals surface area (Å²) in [5.74, 6) is 0.0702. The summed E-state index contributed by atoms with van der Waals surface area (Å²) in [6.07, 6.45) is 0.494. The second-order valence-electron chi connectivity index (χ2n) is 3.98. The summed E-state index contributed by atoms with van der Waals surface area (Å²) in [5.41, 5.74) is 1.01. The molecule has 4 heteroatoms. The molecule has 0 aliphatic heterocycles. The van der Waals surface area contributed by atoms with E-state index in [1.54, 1.807) is 24.3 Å². The van der Waals surface area contributed by atoms with Crippen LogP contribution in [-0.2, 0) is 16.3 Å². The van der Waals surface area contributed by atoms with Crippen LogP contribution >= 0.6 is 11.6 Å². The van der Waals surface area contributed by atoms with E-state index in [9.17, 15) is 8.42 Å². The van der Waals surface area contributed by atoms with Gasteiger partial charge in [-0.1, -0.05) is 54.1 Å². The van der Waals surface area contributed by atoms with Crippen molar-refractivity contribution in [3.05, 3.63) is 65.2 Å². The van der Waals surface area contributed by atoms with Crippen molar-refractivity contribution in [2.45, 2.75) is 11.3 Å². The van der Waals surface area contributed by atoms with Crippen LogP contribution in [0.2, 0.25) is 5.02 Å². The Labute approximate surface area is 112 Å². The highest BCUT2D eigenvalue weighted by molar-refractivity contribution is 7.91. The van der Waals surface area contributed by atoms with Gasteiger partial charge in [-0.3, -0.25) is 0 Å². The maximum Gasteiger partial charge on any atom is 0.180 e. The first kappa shape index (κ1) is 13.1. The molecule has 0 spiro atoms. The maximum absolute atomic E-state index is 12.1. The molecule has 0 fully saturated rings. The summed E-state index contributed by atoms with van der Waals surface area (Å²) < 4.78 is 24.3. The van der Waals surface area contributed by atoms with Crippen molar-refractivity contribution in [1.29, 1.82) is 0 Å². The van der Waals surface area contributed by atoms with Crippen molar-refractivity contribution in [3.8, 4) is 0 Å². The lowest BCUT2D eigenvalue weighted by Crippen LogP contribution is -2.09. The lowest BCUT2D eigenvalue weighted by molar-refractivity contribution is 0.595. The van der Waals surface area contributed by atoms with Crippen LogP contribution in [0.15, 0.2) is 59.5 Å². The molecule has 0 atom stereocenters. The van der Waals surface area contributed by atoms with E-state index in [0.717, 1.165) is 5.56 Å². The highest BCUT2D eigenvalue weighted by Gasteiger charge is 2.17. The van der Waals surface area contributed by atoms with Crippen LogP contribution in [0.25, 0.3) is 0 Å². The van der Waals surface area contributed by atoms with Crippen LogP contribution < -0.4 is 0 Å². The van der Waals surface area contributed by atoms with E-state index in [2.05, 4.69) is 0 Å². The van der Waals surface area contributed by atoms with Gasteiger partial charge in [0.1, 0.15) is 0 Å². The van der Waals surface area contributed by atoms with Gasteiger partial charge in [-0.15, -0.1) is 0 Å². The molecule has 94 valence electrons. The van der Waals surface area contributed by atoms with Gasteiger partial charge in [0, 0.05) is 0 Å². The molecule has 2 rings (SSSR count). The van der Waals surface area contributed by atoms with Crippen molar-refractivity contribution in [2.24, 2.45) is 0 Å². The average Bonchev–Trinajstić information content (AvgIpc) is 2.38. The van der Waals surface area contributed by atoms with E-state index in [1.807, 2.05) is 30.3 Å². The number of sulfone groups is 1. The SMILES string of the molecule is O=S(=O)(CCc1ccccc1)c1ccccc1Cl. The van der Waals surface area contributed by atoms with Crippen LogP contribution in [0.3, 0.4) is 0 Å². The van der Waals surface area contributed by atoms with Gasteiger partial charge in [-0.25, -0.2) is 8.42 Å². The molecule has 18 heavy (non-hydrogen) atoms. The summed E-state index contributed by atoms with van der Waals surface area (Å²) in [4.78, 5) is 0.211. The molecule has 2 aromatic carbocycles. The maximum atomic E-state index is 12.1. The normalized spacial score (nSPS) is 11.4. The van der Waals surface area contributed by atoms with Crippen LogP contribution in [-0.4, -0.2) is 14.2 Å². The van der Waals surface area contributed by atoms with E-state index in [4.69, 9.17) is 11.6 Å². The Kier molecular flexibility index (Phi) is 4.04. The van der Waals surface area contributed by atoms with Gasteiger partial charge in [0.15, 0.2) is 9.84 Å². The molecule has 0 heterocycles. The molecule has 0 N–H and O–H groups in total. The standard InChI is InChI=1S/C14H13ClO2S/c15-13-8-4-5-9-14(13)18(16,17)11-10-12-6-2-1-3-7-12/h1-9H,10-11H2. The fourth-order valence-corrected chi connectivity index (χ4v) is 3.57. The van der Waals surface area contributed by atoms with E-state index in [1.165, 1.54) is 0 Å². The molecule has 0 radical (unpaired) electrons. The Morgan fingerprint density at radius 1 is 0.889 bits per heavy atom. The van der Waals surface area contributed by atoms with Gasteiger partial charge in [0.05, 0.1) is 15.7 Å². The number of hydrogen-bond acceptors (Lipinski definition) is 2. The van der Waals surface area contributed by atoms with Gasteiger partial charge >= 0.3 is 0 Å². The largest absolute Gasteiger partial charge is 0.224 e. The monoisotopic (exact) mass is 280 g/mol. The van der Waals surface area contributed by atoms with Crippen molar-refractivity contribution < 1.29 is 8.42 Å². The molecule has 2 nitrogen and oxygen atoms in total. The molecule has 0 amide bonds. The van der Waals surface area contributed by atoms with Gasteiger partial charge < -0.3 is 0 Å². The summed E-state index contributed by atoms with van der Waals surface area (Å²) >= 11 is 5.91. The zero-order chi connectivity index (χ0) is 13.0. The Morgan fingerprint density at radius 3 is 2.17 bits per heavy atom. The fourth-order valence-electron chi connectivity index (χ4n) is 1.70. The smallest absolute Gasteiger partial charge is 0.180 e. The van der Waals surface area contributed by atoms with Crippen LogP contribution in [0.1, 0.15) is 5.56 Å². The Hall–Kier alpha value is -1.32. The molecule has 0 aliphatic carbocycles. The fraction of sp³-hybridized carbons (Fsp3) is 0.143. The van der Waals surface area contributed by atoms with E-state index in [-0.39, 0.29) is 15.7 Å². The second kappa shape index (κ2) is 5.55. The molecule has 2 aromatic rings. The average molecular weight is 281 g/mol. The predicted octanol–water partition coefficient (Wildman–Crippen LogP) is 3.36. The van der Waals surface area contributed by atoms with Gasteiger partial charge in [0.2, 0.25) is 0 Å². The zero-order valence-corrected chi connectivity index (χ0v) is 11.3. The lowest BCUT2D eigenvalue weighted by Gasteiger charge is -2.06. The van der Waals surface area contributed by atoms with Crippen LogP contribution in [0.4, 0.5) is 0 Å². The summed E-state index contributed by atoms with van der Waals surface area (Å²) in [7, 11) is -3.32. The molecular formula is C14H13ClO2S. The van der Waals surface area contributed by atoms with Gasteiger partial charge in [-0.05, 0) is 24.1 Å². The molecule has 0 unspecified atom stereocenters. The van der Waals surface area contributed by atoms with Crippen molar-refractivity contribution in [2.75, 3.05) is 5.75 Å². The minimum Gasteiger partial charge on any atom is -0.224 e. The Morgan fingerprint density at radius 2 is 1.50 bits per heavy atom. The van der Waals surface area contributed by atoms with E-state index >= 15 is 0 Å². The highest BCUT2D eigenvalue weighted by Crippen LogP contribution is 2.22. The summed E-state index contributed by atoms with van der Waals surface area (Å²) in [6, 6.07) is 16.1. The van der Waals surface area contributed by atoms with Gasteiger partial charge in [-0.2, -0.15) is 0 Å². The minimum absolute atomic E-state index is 0.0702. The van der Waals surface area contributed by atoms with Crippen molar-refractivity contribution in [3.63, 3.8) is 0 Å². The number of rotatable bonds is 4. The number of halogens is 1. The molecular weight excluding hydrogens is 268 g/mol. The molecule has 0 bridgehead atoms. The van der Waals surface area contributed by atoms with E-state index in [0.29, 0.717) is 6.42 Å². The first-order valence-corrected chi connectivity index (χ1v) is 7.64. The summed E-state index contributed by atoms with van der Waals surface area (Å²) in [6.45, 7) is 0. The van der Waals surface area contributed by atoms with Crippen LogP contribution in [0.5, 0.6) is 0 Å². The van der Waals surface area contributed by atoms with Crippen molar-refractivity contribution in [1.82, 2.24) is 0 Å². The zero-order valence-electron chi connectivity index (χ0n) is 9.71. The number of aryl methyl sites for hydroxylation is 1. The predicted molar refractivity (Wildman–Crippen MR) is 73.7 cm³/mol. The lowest BCUT2D eigenvalue weighted by atomic mass is 10.2. The molecule has 0 aliphatic rings. The third-order valence-corrected chi connectivity index (χ3v) is 4.88. The third kappa shape index (κ3) is 3.12. The van der Waals surface area contributed by atoms with Crippen molar-refractivity contribution >= 4 is 21.4 Å². The highest BCUT2D eigenvalue weighted by atomic mass is 35.5. The topological polar surface area (TPSA) is 34.1 Å². The first-order chi connectivity index (χ1) is 8.59. The Balaban J connectivity index is 2.16. The number of benzene rings is 2. The molecule has 0 saturated heterocycles. The van der Waals surface area contributed by atoms with Crippen LogP contribution in [0, 0.1) is 0 Å². The Bertz CT molecular complexity index is 621. The minimum atomic E-state index is -3.32. The number of hydrogen-bond donors (Lipinski definition) is 0.